The van der Waals surface area contributed by atoms with Crippen LogP contribution in [0.2, 0.25) is 5.02 Å². The fourth-order valence-corrected chi connectivity index (χ4v) is 3.40. The average Bonchev–Trinajstić information content (AvgIpc) is 2.62. The molecule has 2 aromatic rings. The van der Waals surface area contributed by atoms with Crippen LogP contribution in [0, 0.1) is 0 Å². The Kier molecular flexibility index (Phi) is 5.06. The van der Waals surface area contributed by atoms with Gasteiger partial charge in [-0.25, -0.2) is 4.79 Å². The number of carbonyl (C=O) groups excluding carboxylic acids is 1. The summed E-state index contributed by atoms with van der Waals surface area (Å²) in [6, 6.07) is 14.0. The lowest BCUT2D eigenvalue weighted by atomic mass is 9.73. The number of anilines is 1. The van der Waals surface area contributed by atoms with Crippen molar-refractivity contribution in [3.8, 4) is 0 Å². The highest BCUT2D eigenvalue weighted by molar-refractivity contribution is 6.33. The lowest BCUT2D eigenvalue weighted by Crippen LogP contribution is -2.44. The van der Waals surface area contributed by atoms with Crippen LogP contribution in [-0.4, -0.2) is 30.2 Å². The third-order valence-corrected chi connectivity index (χ3v) is 4.88. The van der Waals surface area contributed by atoms with Crippen LogP contribution in [0.1, 0.15) is 28.8 Å². The molecule has 0 bridgehead atoms. The Hall–Kier alpha value is -2.37. The zero-order valence-electron chi connectivity index (χ0n) is 13.5. The van der Waals surface area contributed by atoms with Crippen LogP contribution in [0.25, 0.3) is 0 Å². The van der Waals surface area contributed by atoms with Gasteiger partial charge < -0.3 is 15.2 Å². The second-order valence-corrected chi connectivity index (χ2v) is 6.42. The van der Waals surface area contributed by atoms with Gasteiger partial charge in [-0.3, -0.25) is 4.79 Å². The van der Waals surface area contributed by atoms with Gasteiger partial charge >= 0.3 is 5.97 Å². The van der Waals surface area contributed by atoms with Gasteiger partial charge in [-0.15, -0.1) is 0 Å². The summed E-state index contributed by atoms with van der Waals surface area (Å²) < 4.78 is 5.44. The van der Waals surface area contributed by atoms with Crippen LogP contribution < -0.4 is 5.32 Å². The van der Waals surface area contributed by atoms with Crippen molar-refractivity contribution in [1.29, 1.82) is 0 Å². The number of hydrogen-bond acceptors (Lipinski definition) is 3. The van der Waals surface area contributed by atoms with Crippen molar-refractivity contribution in [3.05, 3.63) is 64.7 Å². The molecule has 1 fully saturated rings. The molecule has 0 saturated carbocycles. The Morgan fingerprint density at radius 1 is 1.08 bits per heavy atom. The maximum absolute atomic E-state index is 13.1. The number of aromatic carboxylic acids is 1. The number of hydrogen-bond donors (Lipinski definition) is 2. The first-order chi connectivity index (χ1) is 12.0. The van der Waals surface area contributed by atoms with Crippen molar-refractivity contribution < 1.29 is 19.4 Å². The van der Waals surface area contributed by atoms with Crippen molar-refractivity contribution in [3.63, 3.8) is 0 Å². The molecule has 0 atom stereocenters. The lowest BCUT2D eigenvalue weighted by molar-refractivity contribution is -0.125. The summed E-state index contributed by atoms with van der Waals surface area (Å²) in [6.07, 6.45) is 1.17. The number of benzene rings is 2. The Bertz CT molecular complexity index is 785. The highest BCUT2D eigenvalue weighted by Crippen LogP contribution is 2.36. The molecular formula is C19H18ClNO4. The second-order valence-electron chi connectivity index (χ2n) is 6.01. The van der Waals surface area contributed by atoms with E-state index in [0.29, 0.717) is 31.7 Å². The van der Waals surface area contributed by atoms with E-state index in [2.05, 4.69) is 5.32 Å². The predicted octanol–water partition coefficient (Wildman–Crippen LogP) is 3.73. The molecule has 1 amide bonds. The van der Waals surface area contributed by atoms with E-state index in [1.165, 1.54) is 12.1 Å². The van der Waals surface area contributed by atoms with Crippen LogP contribution in [0.4, 0.5) is 5.69 Å². The van der Waals surface area contributed by atoms with E-state index < -0.39 is 11.4 Å². The fourth-order valence-electron chi connectivity index (χ4n) is 3.14. The average molecular weight is 360 g/mol. The molecule has 130 valence electrons. The quantitative estimate of drug-likeness (QED) is 0.872. The molecule has 1 aliphatic heterocycles. The van der Waals surface area contributed by atoms with Crippen LogP contribution >= 0.6 is 11.6 Å². The molecule has 5 nitrogen and oxygen atoms in total. The highest BCUT2D eigenvalue weighted by Gasteiger charge is 2.41. The first-order valence-corrected chi connectivity index (χ1v) is 8.38. The number of rotatable bonds is 4. The molecule has 2 N–H and O–H groups in total. The van der Waals surface area contributed by atoms with E-state index in [1.54, 1.807) is 6.07 Å². The molecule has 6 heteroatoms. The van der Waals surface area contributed by atoms with Gasteiger partial charge in [-0.1, -0.05) is 41.9 Å². The Morgan fingerprint density at radius 3 is 2.36 bits per heavy atom. The van der Waals surface area contributed by atoms with Gasteiger partial charge in [-0.05, 0) is 36.6 Å². The Labute approximate surface area is 150 Å². The van der Waals surface area contributed by atoms with Gasteiger partial charge in [0.25, 0.3) is 0 Å². The van der Waals surface area contributed by atoms with Gasteiger partial charge in [0.1, 0.15) is 0 Å². The summed E-state index contributed by atoms with van der Waals surface area (Å²) in [5.74, 6) is -1.24. The number of ether oxygens (including phenoxy) is 1. The second kappa shape index (κ2) is 7.25. The predicted molar refractivity (Wildman–Crippen MR) is 95.2 cm³/mol. The van der Waals surface area contributed by atoms with Gasteiger partial charge in [0.15, 0.2) is 0 Å². The minimum atomic E-state index is -1.10. The van der Waals surface area contributed by atoms with Crippen molar-refractivity contribution in [2.45, 2.75) is 18.3 Å². The molecule has 3 rings (SSSR count). The normalized spacial score (nSPS) is 16.2. The number of carboxylic acids is 1. The standard InChI is InChI=1S/C19H18ClNO4/c20-16-12-14(6-7-15(16)17(22)23)21-18(24)19(8-10-25-11-9-19)13-4-2-1-3-5-13/h1-7,12H,8-11H2,(H,21,24)(H,22,23). The van der Waals surface area contributed by atoms with Gasteiger partial charge in [-0.2, -0.15) is 0 Å². The van der Waals surface area contributed by atoms with Crippen molar-refractivity contribution >= 4 is 29.2 Å². The minimum absolute atomic E-state index is 0.00325. The molecule has 1 saturated heterocycles. The van der Waals surface area contributed by atoms with Crippen molar-refractivity contribution in [1.82, 2.24) is 0 Å². The molecular weight excluding hydrogens is 342 g/mol. The number of carboxylic acid groups (broad SMARTS) is 1. The Balaban J connectivity index is 1.89. The molecule has 0 unspecified atom stereocenters. The minimum Gasteiger partial charge on any atom is -0.478 e. The number of amides is 1. The largest absolute Gasteiger partial charge is 0.478 e. The zero-order chi connectivity index (χ0) is 17.9. The van der Waals surface area contributed by atoms with Crippen LogP contribution in [0.5, 0.6) is 0 Å². The van der Waals surface area contributed by atoms with Crippen molar-refractivity contribution in [2.75, 3.05) is 18.5 Å². The monoisotopic (exact) mass is 359 g/mol. The SMILES string of the molecule is O=C(O)c1ccc(NC(=O)C2(c3ccccc3)CCOCC2)cc1Cl. The third kappa shape index (κ3) is 3.52. The van der Waals surface area contributed by atoms with Gasteiger partial charge in [0.05, 0.1) is 16.0 Å². The first kappa shape index (κ1) is 17.5. The lowest BCUT2D eigenvalue weighted by Gasteiger charge is -2.36. The van der Waals surface area contributed by atoms with Crippen LogP contribution in [0.3, 0.4) is 0 Å². The third-order valence-electron chi connectivity index (χ3n) is 4.56. The summed E-state index contributed by atoms with van der Waals surface area (Å²) in [5, 5.41) is 12.0. The van der Waals surface area contributed by atoms with E-state index in [4.69, 9.17) is 21.4 Å². The number of halogens is 1. The van der Waals surface area contributed by atoms with E-state index in [9.17, 15) is 9.59 Å². The van der Waals surface area contributed by atoms with Crippen molar-refractivity contribution in [2.24, 2.45) is 0 Å². The fraction of sp³-hybridized carbons (Fsp3) is 0.263. The molecule has 0 aliphatic carbocycles. The summed E-state index contributed by atoms with van der Waals surface area (Å²) in [5.41, 5.74) is 0.756. The van der Waals surface area contributed by atoms with Crippen LogP contribution in [-0.2, 0) is 14.9 Å². The van der Waals surface area contributed by atoms with Crippen LogP contribution in [0.15, 0.2) is 48.5 Å². The topological polar surface area (TPSA) is 75.6 Å². The number of nitrogens with one attached hydrogen (secondary N) is 1. The molecule has 0 spiro atoms. The van der Waals surface area contributed by atoms with Gasteiger partial charge in [0, 0.05) is 18.9 Å². The highest BCUT2D eigenvalue weighted by atomic mass is 35.5. The molecule has 0 radical (unpaired) electrons. The van der Waals surface area contributed by atoms with E-state index in [-0.39, 0.29) is 16.5 Å². The summed E-state index contributed by atoms with van der Waals surface area (Å²) in [4.78, 5) is 24.1. The molecule has 1 aliphatic rings. The zero-order valence-corrected chi connectivity index (χ0v) is 14.3. The summed E-state index contributed by atoms with van der Waals surface area (Å²) in [6.45, 7) is 1.03. The maximum atomic E-state index is 13.1. The first-order valence-electron chi connectivity index (χ1n) is 8.00. The maximum Gasteiger partial charge on any atom is 0.337 e. The molecule has 2 aromatic carbocycles. The summed E-state index contributed by atoms with van der Waals surface area (Å²) in [7, 11) is 0. The molecule has 0 aromatic heterocycles. The Morgan fingerprint density at radius 2 is 1.76 bits per heavy atom. The molecule has 25 heavy (non-hydrogen) atoms. The van der Waals surface area contributed by atoms with E-state index in [1.807, 2.05) is 30.3 Å². The smallest absolute Gasteiger partial charge is 0.337 e. The molecule has 1 heterocycles. The van der Waals surface area contributed by atoms with E-state index >= 15 is 0 Å². The van der Waals surface area contributed by atoms with E-state index in [0.717, 1.165) is 5.56 Å². The number of carbonyl (C=O) groups is 2. The van der Waals surface area contributed by atoms with Gasteiger partial charge in [0.2, 0.25) is 5.91 Å². The summed E-state index contributed by atoms with van der Waals surface area (Å²) >= 11 is 5.99.